The van der Waals surface area contributed by atoms with Gasteiger partial charge in [-0.15, -0.1) is 16.4 Å². The van der Waals surface area contributed by atoms with Crippen molar-refractivity contribution in [1.82, 2.24) is 25.1 Å². The van der Waals surface area contributed by atoms with E-state index in [0.29, 0.717) is 6.54 Å². The molecule has 0 amide bonds. The van der Waals surface area contributed by atoms with E-state index in [9.17, 15) is 0 Å². The molecule has 1 saturated heterocycles. The molecule has 0 aliphatic carbocycles. The van der Waals surface area contributed by atoms with Crippen LogP contribution in [0.4, 0.5) is 0 Å². The molecule has 0 unspecified atom stereocenters. The average Bonchev–Trinajstić information content (AvgIpc) is 3.31. The number of tetrazole rings is 1. The summed E-state index contributed by atoms with van der Waals surface area (Å²) in [6.07, 6.45) is 0. The van der Waals surface area contributed by atoms with Gasteiger partial charge in [0.15, 0.2) is 5.82 Å². The summed E-state index contributed by atoms with van der Waals surface area (Å²) >= 11 is 3.80. The van der Waals surface area contributed by atoms with Crippen LogP contribution in [0, 0.1) is 0 Å². The molecule has 0 spiro atoms. The van der Waals surface area contributed by atoms with Crippen molar-refractivity contribution in [1.29, 1.82) is 0 Å². The van der Waals surface area contributed by atoms with Gasteiger partial charge in [0, 0.05) is 29.5 Å². The highest BCUT2D eigenvalue weighted by Gasteiger charge is 2.29. The van der Waals surface area contributed by atoms with E-state index < -0.39 is 0 Å². The molecule has 5 nitrogen and oxygen atoms in total. The van der Waals surface area contributed by atoms with E-state index in [2.05, 4.69) is 62.2 Å². The van der Waals surface area contributed by atoms with Gasteiger partial charge < -0.3 is 0 Å². The van der Waals surface area contributed by atoms with E-state index in [1.54, 1.807) is 11.3 Å². The molecule has 24 heavy (non-hydrogen) atoms. The maximum absolute atomic E-state index is 4.40. The van der Waals surface area contributed by atoms with Crippen LogP contribution in [-0.2, 0) is 6.54 Å². The molecule has 3 aromatic rings. The van der Waals surface area contributed by atoms with Crippen molar-refractivity contribution in [3.63, 3.8) is 0 Å². The van der Waals surface area contributed by atoms with Gasteiger partial charge in [-0.25, -0.2) is 4.68 Å². The highest BCUT2D eigenvalue weighted by atomic mass is 32.2. The molecule has 1 aliphatic rings. The summed E-state index contributed by atoms with van der Waals surface area (Å²) in [5, 5.41) is 14.8. The molecule has 0 N–H and O–H groups in total. The quantitative estimate of drug-likeness (QED) is 0.703. The van der Waals surface area contributed by atoms with E-state index in [-0.39, 0.29) is 6.04 Å². The Labute approximate surface area is 149 Å². The van der Waals surface area contributed by atoms with Crippen LogP contribution in [0.5, 0.6) is 0 Å². The van der Waals surface area contributed by atoms with Crippen molar-refractivity contribution in [2.75, 3.05) is 24.6 Å². The molecule has 1 aromatic carbocycles. The largest absolute Gasteiger partial charge is 0.287 e. The second-order valence-electron chi connectivity index (χ2n) is 5.75. The number of thiophene rings is 1. The summed E-state index contributed by atoms with van der Waals surface area (Å²) in [5.74, 6) is 3.28. The van der Waals surface area contributed by atoms with E-state index in [1.165, 1.54) is 21.9 Å². The first kappa shape index (κ1) is 15.8. The van der Waals surface area contributed by atoms with E-state index in [4.69, 9.17) is 0 Å². The summed E-state index contributed by atoms with van der Waals surface area (Å²) in [5.41, 5.74) is 1.21. The topological polar surface area (TPSA) is 46.8 Å². The molecule has 0 radical (unpaired) electrons. The SMILES string of the molecule is c1ccc(Cn2nnnc2[C@H](c2cccs2)N2CCSCC2)cc1. The fourth-order valence-corrected chi connectivity index (χ4v) is 4.82. The second kappa shape index (κ2) is 7.46. The van der Waals surface area contributed by atoms with Gasteiger partial charge in [-0.05, 0) is 27.4 Å². The summed E-state index contributed by atoms with van der Waals surface area (Å²) < 4.78 is 1.95. The zero-order valence-electron chi connectivity index (χ0n) is 13.3. The van der Waals surface area contributed by atoms with Crippen LogP contribution >= 0.6 is 23.1 Å². The third-order valence-corrected chi connectivity index (χ3v) is 6.07. The Morgan fingerprint density at radius 2 is 1.88 bits per heavy atom. The highest BCUT2D eigenvalue weighted by molar-refractivity contribution is 7.99. The zero-order valence-corrected chi connectivity index (χ0v) is 14.9. The summed E-state index contributed by atoms with van der Waals surface area (Å²) in [7, 11) is 0. The standard InChI is InChI=1S/C17H19N5S2/c1-2-5-14(6-3-1)13-22-17(18-19-20-22)16(15-7-4-10-24-15)21-8-11-23-12-9-21/h1-7,10,16H,8-9,11-13H2/t16-/m0/s1. The summed E-state index contributed by atoms with van der Waals surface area (Å²) in [6.45, 7) is 2.85. The minimum atomic E-state index is 0.143. The number of thioether (sulfide) groups is 1. The minimum Gasteiger partial charge on any atom is -0.287 e. The molecule has 1 fully saturated rings. The second-order valence-corrected chi connectivity index (χ2v) is 7.95. The number of hydrogen-bond donors (Lipinski definition) is 0. The first-order chi connectivity index (χ1) is 11.9. The third kappa shape index (κ3) is 3.38. The molecule has 2 aromatic heterocycles. The molecule has 1 atom stereocenters. The van der Waals surface area contributed by atoms with Crippen LogP contribution in [0.25, 0.3) is 0 Å². The lowest BCUT2D eigenvalue weighted by Gasteiger charge is -2.32. The fraction of sp³-hybridized carbons (Fsp3) is 0.353. The van der Waals surface area contributed by atoms with Crippen LogP contribution in [0.1, 0.15) is 22.3 Å². The Kier molecular flexibility index (Phi) is 4.91. The molecular weight excluding hydrogens is 338 g/mol. The lowest BCUT2D eigenvalue weighted by molar-refractivity contribution is 0.238. The van der Waals surface area contributed by atoms with Gasteiger partial charge >= 0.3 is 0 Å². The summed E-state index contributed by atoms with van der Waals surface area (Å²) in [4.78, 5) is 3.82. The van der Waals surface area contributed by atoms with Crippen molar-refractivity contribution < 1.29 is 0 Å². The predicted molar refractivity (Wildman–Crippen MR) is 98.4 cm³/mol. The van der Waals surface area contributed by atoms with Gasteiger partial charge in [0.1, 0.15) is 6.04 Å². The number of hydrogen-bond acceptors (Lipinski definition) is 6. The zero-order chi connectivity index (χ0) is 16.2. The van der Waals surface area contributed by atoms with Crippen molar-refractivity contribution in [2.24, 2.45) is 0 Å². The van der Waals surface area contributed by atoms with Crippen LogP contribution in [0.2, 0.25) is 0 Å². The summed E-state index contributed by atoms with van der Waals surface area (Å²) in [6, 6.07) is 14.8. The van der Waals surface area contributed by atoms with Crippen LogP contribution < -0.4 is 0 Å². The van der Waals surface area contributed by atoms with Gasteiger partial charge in [0.25, 0.3) is 0 Å². The van der Waals surface area contributed by atoms with Crippen molar-refractivity contribution in [2.45, 2.75) is 12.6 Å². The van der Waals surface area contributed by atoms with E-state index >= 15 is 0 Å². The first-order valence-corrected chi connectivity index (χ1v) is 10.1. The lowest BCUT2D eigenvalue weighted by atomic mass is 10.1. The Morgan fingerprint density at radius 3 is 2.62 bits per heavy atom. The third-order valence-electron chi connectivity index (χ3n) is 4.20. The van der Waals surface area contributed by atoms with Gasteiger partial charge in [0.05, 0.1) is 6.54 Å². The molecule has 3 heterocycles. The normalized spacial score (nSPS) is 17.0. The van der Waals surface area contributed by atoms with E-state index in [0.717, 1.165) is 18.9 Å². The predicted octanol–water partition coefficient (Wildman–Crippen LogP) is 2.92. The van der Waals surface area contributed by atoms with Crippen molar-refractivity contribution in [3.8, 4) is 0 Å². The Bertz CT molecular complexity index is 750. The van der Waals surface area contributed by atoms with E-state index in [1.807, 2.05) is 22.5 Å². The smallest absolute Gasteiger partial charge is 0.174 e. The Hall–Kier alpha value is -1.70. The van der Waals surface area contributed by atoms with Gasteiger partial charge in [-0.2, -0.15) is 11.8 Å². The molecule has 124 valence electrons. The maximum Gasteiger partial charge on any atom is 0.174 e. The van der Waals surface area contributed by atoms with Gasteiger partial charge in [-0.1, -0.05) is 36.4 Å². The lowest BCUT2D eigenvalue weighted by Crippen LogP contribution is -2.37. The fourth-order valence-electron chi connectivity index (χ4n) is 3.03. The number of aromatic nitrogens is 4. The molecular formula is C17H19N5S2. The molecule has 4 rings (SSSR count). The minimum absolute atomic E-state index is 0.143. The highest BCUT2D eigenvalue weighted by Crippen LogP contribution is 2.32. The number of nitrogens with zero attached hydrogens (tertiary/aromatic N) is 5. The number of benzene rings is 1. The van der Waals surface area contributed by atoms with Gasteiger partial charge in [-0.3, -0.25) is 4.90 Å². The first-order valence-electron chi connectivity index (χ1n) is 8.07. The van der Waals surface area contributed by atoms with Crippen LogP contribution in [0.15, 0.2) is 47.8 Å². The monoisotopic (exact) mass is 357 g/mol. The Morgan fingerprint density at radius 1 is 1.04 bits per heavy atom. The van der Waals surface area contributed by atoms with Crippen LogP contribution in [0.3, 0.4) is 0 Å². The molecule has 7 heteroatoms. The van der Waals surface area contributed by atoms with Gasteiger partial charge in [0.2, 0.25) is 0 Å². The maximum atomic E-state index is 4.40. The average molecular weight is 358 g/mol. The van der Waals surface area contributed by atoms with Crippen molar-refractivity contribution in [3.05, 3.63) is 64.1 Å². The molecule has 1 aliphatic heterocycles. The number of rotatable bonds is 5. The molecule has 0 saturated carbocycles. The van der Waals surface area contributed by atoms with Crippen LogP contribution in [-0.4, -0.2) is 49.7 Å². The molecule has 0 bridgehead atoms. The van der Waals surface area contributed by atoms with Crippen molar-refractivity contribution >= 4 is 23.1 Å². The Balaban J connectivity index is 1.67.